The summed E-state index contributed by atoms with van der Waals surface area (Å²) in [7, 11) is 0. The van der Waals surface area contributed by atoms with E-state index in [2.05, 4.69) is 31.7 Å². The average Bonchev–Trinajstić information content (AvgIpc) is 3.54. The zero-order chi connectivity index (χ0) is 35.7. The molecule has 2 aliphatic rings. The van der Waals surface area contributed by atoms with Gasteiger partial charge in [-0.2, -0.15) is 23.8 Å². The highest BCUT2D eigenvalue weighted by Crippen LogP contribution is 2.35. The SMILES string of the molecule is O=C(O)CCCCC1CN(Cc2cccc(C(=O)Nc3ccc(N4CCCCC4)cc3C(=O)N/N=C/c3ccc(Cl)c(C(F)(F)F)c3)c2)NN1. The minimum Gasteiger partial charge on any atom is -0.481 e. The fourth-order valence-corrected chi connectivity index (χ4v) is 6.17. The van der Waals surface area contributed by atoms with Crippen molar-refractivity contribution in [3.8, 4) is 0 Å². The van der Waals surface area contributed by atoms with E-state index in [0.717, 1.165) is 74.8 Å². The number of anilines is 2. The van der Waals surface area contributed by atoms with Crippen molar-refractivity contribution in [2.75, 3.05) is 29.9 Å². The standard InChI is InChI=1S/C35H39ClF3N7O4/c36-30-13-11-23(18-29(30)35(37,38)39)20-40-43-34(50)28-19-27(45-15-4-1-5-16-45)12-14-31(28)41-33(49)25-8-6-7-24(17-25)21-46-22-26(42-44-46)9-2-3-10-32(47)48/h6-8,11-14,17-20,26,42,44H,1-5,9-10,15-16,21-22H2,(H,41,49)(H,43,50)(H,47,48)/b40-20+. The first-order valence-corrected chi connectivity index (χ1v) is 16.8. The van der Waals surface area contributed by atoms with Crippen molar-refractivity contribution in [1.82, 2.24) is 21.4 Å². The van der Waals surface area contributed by atoms with Gasteiger partial charge in [0.05, 0.1) is 28.1 Å². The number of carboxylic acids is 1. The molecule has 5 rings (SSSR count). The second-order valence-corrected chi connectivity index (χ2v) is 12.7. The van der Waals surface area contributed by atoms with Gasteiger partial charge in [-0.3, -0.25) is 14.4 Å². The lowest BCUT2D eigenvalue weighted by Crippen LogP contribution is -2.36. The number of aliphatic carboxylic acids is 1. The van der Waals surface area contributed by atoms with Crippen molar-refractivity contribution in [3.63, 3.8) is 0 Å². The van der Waals surface area contributed by atoms with Crippen LogP contribution >= 0.6 is 11.6 Å². The number of carbonyl (C=O) groups excluding carboxylic acids is 2. The van der Waals surface area contributed by atoms with Gasteiger partial charge in [-0.1, -0.05) is 36.2 Å². The third-order valence-corrected chi connectivity index (χ3v) is 8.85. The van der Waals surface area contributed by atoms with Crippen LogP contribution in [0.4, 0.5) is 24.5 Å². The molecule has 3 aromatic rings. The summed E-state index contributed by atoms with van der Waals surface area (Å²) < 4.78 is 39.9. The van der Waals surface area contributed by atoms with E-state index in [0.29, 0.717) is 25.1 Å². The molecular formula is C35H39ClF3N7O4. The number of halogens is 4. The molecule has 266 valence electrons. The summed E-state index contributed by atoms with van der Waals surface area (Å²) in [4.78, 5) is 39.8. The lowest BCUT2D eigenvalue weighted by molar-refractivity contribution is -0.138. The Labute approximate surface area is 292 Å². The molecule has 0 bridgehead atoms. The Morgan fingerprint density at radius 2 is 1.80 bits per heavy atom. The van der Waals surface area contributed by atoms with Gasteiger partial charge in [-0.15, -0.1) is 0 Å². The van der Waals surface area contributed by atoms with Crippen molar-refractivity contribution < 1.29 is 32.7 Å². The molecule has 0 saturated carbocycles. The predicted molar refractivity (Wildman–Crippen MR) is 185 cm³/mol. The van der Waals surface area contributed by atoms with Crippen LogP contribution < -0.4 is 26.6 Å². The van der Waals surface area contributed by atoms with Crippen LogP contribution in [0.15, 0.2) is 65.8 Å². The number of amides is 2. The number of benzene rings is 3. The summed E-state index contributed by atoms with van der Waals surface area (Å²) in [5.41, 5.74) is 10.3. The highest BCUT2D eigenvalue weighted by atomic mass is 35.5. The first kappa shape index (κ1) is 36.8. The van der Waals surface area contributed by atoms with Gasteiger partial charge in [0.25, 0.3) is 11.8 Å². The molecule has 2 fully saturated rings. The van der Waals surface area contributed by atoms with Crippen LogP contribution in [0.5, 0.6) is 0 Å². The Morgan fingerprint density at radius 3 is 2.56 bits per heavy atom. The van der Waals surface area contributed by atoms with E-state index >= 15 is 0 Å². The fraction of sp³-hybridized carbons (Fsp3) is 0.371. The smallest absolute Gasteiger partial charge is 0.417 e. The maximum Gasteiger partial charge on any atom is 0.417 e. The number of hydrogen-bond acceptors (Lipinski definition) is 8. The fourth-order valence-electron chi connectivity index (χ4n) is 5.94. The number of nitrogens with zero attached hydrogens (tertiary/aromatic N) is 3. The minimum absolute atomic E-state index is 0.0867. The number of unbranched alkanes of at least 4 members (excludes halogenated alkanes) is 1. The van der Waals surface area contributed by atoms with Gasteiger partial charge in [-0.25, -0.2) is 15.9 Å². The lowest BCUT2D eigenvalue weighted by atomic mass is 10.1. The Kier molecular flexibility index (Phi) is 12.5. The van der Waals surface area contributed by atoms with Gasteiger partial charge in [0.1, 0.15) is 0 Å². The zero-order valence-electron chi connectivity index (χ0n) is 27.2. The first-order valence-electron chi connectivity index (χ1n) is 16.4. The lowest BCUT2D eigenvalue weighted by Gasteiger charge is -2.29. The van der Waals surface area contributed by atoms with Crippen molar-refractivity contribution in [2.45, 2.75) is 63.7 Å². The molecule has 5 N–H and O–H groups in total. The number of nitrogens with one attached hydrogen (secondary N) is 4. The number of carboxylic acid groups (broad SMARTS) is 1. The summed E-state index contributed by atoms with van der Waals surface area (Å²) in [6.07, 6.45) is 1.99. The molecule has 2 saturated heterocycles. The maximum absolute atomic E-state index is 13.5. The van der Waals surface area contributed by atoms with Gasteiger partial charge in [0.2, 0.25) is 0 Å². The molecule has 0 aromatic heterocycles. The number of carbonyl (C=O) groups is 3. The number of hydrazine groups is 2. The van der Waals surface area contributed by atoms with Crippen LogP contribution in [0.25, 0.3) is 0 Å². The van der Waals surface area contributed by atoms with E-state index < -0.39 is 34.5 Å². The van der Waals surface area contributed by atoms with Gasteiger partial charge in [0, 0.05) is 49.9 Å². The van der Waals surface area contributed by atoms with Crippen LogP contribution in [-0.2, 0) is 17.5 Å². The number of alkyl halides is 3. The second-order valence-electron chi connectivity index (χ2n) is 12.3. The largest absolute Gasteiger partial charge is 0.481 e. The molecule has 0 radical (unpaired) electrons. The van der Waals surface area contributed by atoms with E-state index in [1.165, 1.54) is 6.07 Å². The monoisotopic (exact) mass is 713 g/mol. The zero-order valence-corrected chi connectivity index (χ0v) is 28.0. The van der Waals surface area contributed by atoms with Gasteiger partial charge < -0.3 is 15.3 Å². The molecule has 11 nitrogen and oxygen atoms in total. The van der Waals surface area contributed by atoms with Crippen LogP contribution in [0.1, 0.15) is 82.4 Å². The maximum atomic E-state index is 13.5. The Balaban J connectivity index is 1.27. The highest BCUT2D eigenvalue weighted by molar-refractivity contribution is 6.31. The molecule has 1 unspecified atom stereocenters. The predicted octanol–water partition coefficient (Wildman–Crippen LogP) is 6.20. The van der Waals surface area contributed by atoms with Crippen molar-refractivity contribution in [2.24, 2.45) is 5.10 Å². The number of hydrazone groups is 1. The quantitative estimate of drug-likeness (QED) is 0.0802. The number of piperidine rings is 1. The first-order chi connectivity index (χ1) is 24.0. The van der Waals surface area contributed by atoms with Crippen LogP contribution in [0.3, 0.4) is 0 Å². The Morgan fingerprint density at radius 1 is 1.00 bits per heavy atom. The van der Waals surface area contributed by atoms with E-state index in [1.54, 1.807) is 30.3 Å². The number of rotatable bonds is 13. The Hall–Kier alpha value is -4.50. The summed E-state index contributed by atoms with van der Waals surface area (Å²) in [6.45, 7) is 2.86. The number of hydrogen-bond donors (Lipinski definition) is 5. The summed E-state index contributed by atoms with van der Waals surface area (Å²) >= 11 is 5.71. The summed E-state index contributed by atoms with van der Waals surface area (Å²) in [5.74, 6) is -1.88. The van der Waals surface area contributed by atoms with Crippen molar-refractivity contribution in [1.29, 1.82) is 0 Å². The average molecular weight is 714 g/mol. The van der Waals surface area contributed by atoms with Crippen LogP contribution in [0, 0.1) is 0 Å². The van der Waals surface area contributed by atoms with Gasteiger partial charge in [-0.05, 0) is 85.7 Å². The van der Waals surface area contributed by atoms with E-state index in [9.17, 15) is 27.6 Å². The minimum atomic E-state index is -4.65. The van der Waals surface area contributed by atoms with Gasteiger partial charge >= 0.3 is 12.1 Å². The van der Waals surface area contributed by atoms with Crippen LogP contribution in [-0.4, -0.2) is 59.8 Å². The van der Waals surface area contributed by atoms with E-state index in [4.69, 9.17) is 16.7 Å². The van der Waals surface area contributed by atoms with E-state index in [-0.39, 0.29) is 29.3 Å². The van der Waals surface area contributed by atoms with Crippen LogP contribution in [0.2, 0.25) is 5.02 Å². The third kappa shape index (κ3) is 10.3. The molecular weight excluding hydrogens is 675 g/mol. The molecule has 2 heterocycles. The molecule has 2 aliphatic heterocycles. The molecule has 0 spiro atoms. The summed E-state index contributed by atoms with van der Waals surface area (Å²) in [5, 5.41) is 17.1. The Bertz CT molecular complexity index is 1720. The van der Waals surface area contributed by atoms with Gasteiger partial charge in [0.15, 0.2) is 0 Å². The molecule has 3 aromatic carbocycles. The molecule has 2 amide bonds. The third-order valence-electron chi connectivity index (χ3n) is 8.52. The molecule has 1 atom stereocenters. The van der Waals surface area contributed by atoms with Crippen molar-refractivity contribution >= 4 is 47.0 Å². The normalized spacial score (nSPS) is 16.9. The molecule has 50 heavy (non-hydrogen) atoms. The molecule has 0 aliphatic carbocycles. The van der Waals surface area contributed by atoms with Crippen molar-refractivity contribution in [3.05, 3.63) is 93.5 Å². The second kappa shape index (κ2) is 16.9. The molecule has 15 heteroatoms. The summed E-state index contributed by atoms with van der Waals surface area (Å²) in [6, 6.07) is 15.8. The van der Waals surface area contributed by atoms with E-state index in [1.807, 2.05) is 17.1 Å². The highest BCUT2D eigenvalue weighted by Gasteiger charge is 2.33. The topological polar surface area (TPSA) is 138 Å².